The predicted molar refractivity (Wildman–Crippen MR) is 117 cm³/mol. The zero-order valence-corrected chi connectivity index (χ0v) is 17.5. The summed E-state index contributed by atoms with van der Waals surface area (Å²) in [6, 6.07) is 12.6. The summed E-state index contributed by atoms with van der Waals surface area (Å²) in [5.41, 5.74) is 0.233. The number of carboxylic acid groups (broad SMARTS) is 1. The molecule has 2 N–H and O–H groups in total. The van der Waals surface area contributed by atoms with E-state index < -0.39 is 23.8 Å². The molecule has 0 saturated carbocycles. The van der Waals surface area contributed by atoms with Crippen LogP contribution in [0.1, 0.15) is 16.1 Å². The van der Waals surface area contributed by atoms with E-state index in [1.807, 2.05) is 0 Å². The second-order valence-electron chi connectivity index (χ2n) is 6.62. The number of carboxylic acids is 1. The lowest BCUT2D eigenvalue weighted by atomic mass is 10.1. The van der Waals surface area contributed by atoms with Gasteiger partial charge in [0, 0.05) is 5.56 Å². The fourth-order valence-corrected chi connectivity index (χ4v) is 3.45. The van der Waals surface area contributed by atoms with Crippen molar-refractivity contribution in [2.24, 2.45) is 0 Å². The normalized spacial score (nSPS) is 15.2. The SMILES string of the molecule is O=C1NC(=O)N(c2cccc(Cl)c2Cl)C(=O)/C1=C\c1ccc(-c2cccc(C(=O)O)c2)o1. The summed E-state index contributed by atoms with van der Waals surface area (Å²) in [6.45, 7) is 0. The number of hydrogen-bond donors (Lipinski definition) is 2. The van der Waals surface area contributed by atoms with E-state index in [4.69, 9.17) is 32.7 Å². The van der Waals surface area contributed by atoms with Crippen LogP contribution in [0.4, 0.5) is 10.5 Å². The third-order valence-electron chi connectivity index (χ3n) is 4.58. The Bertz CT molecular complexity index is 1330. The summed E-state index contributed by atoms with van der Waals surface area (Å²) in [6.07, 6.45) is 1.18. The average Bonchev–Trinajstić information content (AvgIpc) is 3.23. The Morgan fingerprint density at radius 3 is 2.53 bits per heavy atom. The van der Waals surface area contributed by atoms with E-state index in [2.05, 4.69) is 5.32 Å². The summed E-state index contributed by atoms with van der Waals surface area (Å²) in [4.78, 5) is 49.5. The number of benzene rings is 2. The molecule has 0 spiro atoms. The van der Waals surface area contributed by atoms with Crippen molar-refractivity contribution in [3.8, 4) is 11.3 Å². The van der Waals surface area contributed by atoms with Crippen molar-refractivity contribution in [1.29, 1.82) is 0 Å². The predicted octanol–water partition coefficient (Wildman–Crippen LogP) is 4.62. The third-order valence-corrected chi connectivity index (χ3v) is 5.39. The van der Waals surface area contributed by atoms with Gasteiger partial charge >= 0.3 is 12.0 Å². The van der Waals surface area contributed by atoms with E-state index in [-0.39, 0.29) is 32.6 Å². The second kappa shape index (κ2) is 8.33. The smallest absolute Gasteiger partial charge is 0.336 e. The molecule has 3 aromatic rings. The molecule has 160 valence electrons. The number of imide groups is 2. The molecule has 0 radical (unpaired) electrons. The molecule has 0 atom stereocenters. The first kappa shape index (κ1) is 21.4. The number of halogens is 2. The maximum absolute atomic E-state index is 13.0. The molecule has 2 heterocycles. The van der Waals surface area contributed by atoms with Crippen LogP contribution in [0.3, 0.4) is 0 Å². The lowest BCUT2D eigenvalue weighted by Crippen LogP contribution is -2.54. The highest BCUT2D eigenvalue weighted by Crippen LogP contribution is 2.34. The Hall–Kier alpha value is -3.88. The number of amides is 4. The van der Waals surface area contributed by atoms with Crippen molar-refractivity contribution in [3.63, 3.8) is 0 Å². The zero-order chi connectivity index (χ0) is 23.0. The van der Waals surface area contributed by atoms with Gasteiger partial charge in [-0.15, -0.1) is 0 Å². The fraction of sp³-hybridized carbons (Fsp3) is 0. The molecule has 0 unspecified atom stereocenters. The molecule has 1 saturated heterocycles. The van der Waals surface area contributed by atoms with E-state index in [9.17, 15) is 19.2 Å². The molecule has 1 fully saturated rings. The van der Waals surface area contributed by atoms with Crippen LogP contribution < -0.4 is 10.2 Å². The molecule has 1 aromatic heterocycles. The molecular formula is C22H12Cl2N2O6. The Morgan fingerprint density at radius 2 is 1.78 bits per heavy atom. The number of furan rings is 1. The van der Waals surface area contributed by atoms with E-state index in [1.54, 1.807) is 18.2 Å². The molecule has 1 aliphatic rings. The van der Waals surface area contributed by atoms with E-state index >= 15 is 0 Å². The van der Waals surface area contributed by atoms with Crippen LogP contribution in [0.5, 0.6) is 0 Å². The van der Waals surface area contributed by atoms with Crippen LogP contribution in [0.15, 0.2) is 64.6 Å². The lowest BCUT2D eigenvalue weighted by Gasteiger charge is -2.27. The number of nitrogens with one attached hydrogen (secondary N) is 1. The molecule has 8 nitrogen and oxygen atoms in total. The number of carbonyl (C=O) groups is 4. The summed E-state index contributed by atoms with van der Waals surface area (Å²) in [5, 5.41) is 11.3. The largest absolute Gasteiger partial charge is 0.478 e. The van der Waals surface area contributed by atoms with Crippen LogP contribution in [-0.4, -0.2) is 28.9 Å². The highest BCUT2D eigenvalue weighted by Gasteiger charge is 2.38. The van der Waals surface area contributed by atoms with Crippen molar-refractivity contribution in [1.82, 2.24) is 5.32 Å². The van der Waals surface area contributed by atoms with Crippen LogP contribution in [0.25, 0.3) is 17.4 Å². The molecular weight excluding hydrogens is 459 g/mol. The van der Waals surface area contributed by atoms with Gasteiger partial charge in [0.2, 0.25) is 0 Å². The van der Waals surface area contributed by atoms with Crippen molar-refractivity contribution >= 4 is 58.8 Å². The van der Waals surface area contributed by atoms with Crippen molar-refractivity contribution in [2.45, 2.75) is 0 Å². The summed E-state index contributed by atoms with van der Waals surface area (Å²) in [5.74, 6) is -2.43. The summed E-state index contributed by atoms with van der Waals surface area (Å²) in [7, 11) is 0. The second-order valence-corrected chi connectivity index (χ2v) is 7.40. The zero-order valence-electron chi connectivity index (χ0n) is 16.0. The fourth-order valence-electron chi connectivity index (χ4n) is 3.07. The van der Waals surface area contributed by atoms with Crippen LogP contribution in [0, 0.1) is 0 Å². The Kier molecular flexibility index (Phi) is 5.56. The van der Waals surface area contributed by atoms with Crippen LogP contribution >= 0.6 is 23.2 Å². The summed E-state index contributed by atoms with van der Waals surface area (Å²) < 4.78 is 5.66. The molecule has 0 aliphatic carbocycles. The number of barbiturate groups is 1. The van der Waals surface area contributed by atoms with Crippen LogP contribution in [0.2, 0.25) is 10.0 Å². The number of carbonyl (C=O) groups excluding carboxylic acids is 3. The Labute approximate surface area is 190 Å². The maximum Gasteiger partial charge on any atom is 0.336 e. The van der Waals surface area contributed by atoms with Gasteiger partial charge in [0.25, 0.3) is 11.8 Å². The number of aromatic carboxylic acids is 1. The summed E-state index contributed by atoms with van der Waals surface area (Å²) >= 11 is 12.1. The topological polar surface area (TPSA) is 117 Å². The monoisotopic (exact) mass is 470 g/mol. The van der Waals surface area contributed by atoms with Gasteiger partial charge in [-0.1, -0.05) is 41.4 Å². The number of anilines is 1. The van der Waals surface area contributed by atoms with Gasteiger partial charge in [0.15, 0.2) is 0 Å². The Balaban J connectivity index is 1.69. The number of nitrogens with zero attached hydrogens (tertiary/aromatic N) is 1. The number of hydrogen-bond acceptors (Lipinski definition) is 5. The van der Waals surface area contributed by atoms with Gasteiger partial charge in [-0.2, -0.15) is 0 Å². The lowest BCUT2D eigenvalue weighted by molar-refractivity contribution is -0.122. The quantitative estimate of drug-likeness (QED) is 0.424. The molecule has 4 amide bonds. The molecule has 4 rings (SSSR count). The van der Waals surface area contributed by atoms with Crippen molar-refractivity contribution < 1.29 is 28.7 Å². The third kappa shape index (κ3) is 3.89. The minimum Gasteiger partial charge on any atom is -0.478 e. The van der Waals surface area contributed by atoms with Crippen molar-refractivity contribution in [3.05, 3.63) is 81.5 Å². The minimum atomic E-state index is -1.09. The van der Waals surface area contributed by atoms with Crippen LogP contribution in [-0.2, 0) is 9.59 Å². The highest BCUT2D eigenvalue weighted by molar-refractivity contribution is 6.46. The molecule has 10 heteroatoms. The van der Waals surface area contributed by atoms with E-state index in [0.29, 0.717) is 16.2 Å². The first-order valence-electron chi connectivity index (χ1n) is 9.05. The van der Waals surface area contributed by atoms with Gasteiger partial charge in [0.05, 0.1) is 21.3 Å². The average molecular weight is 471 g/mol. The maximum atomic E-state index is 13.0. The molecule has 2 aromatic carbocycles. The standard InChI is InChI=1S/C22H12Cl2N2O6/c23-15-5-2-6-16(18(15)24)26-20(28)14(19(27)25-22(26)31)10-13-7-8-17(32-13)11-3-1-4-12(9-11)21(29)30/h1-10H,(H,29,30)(H,25,27,31)/b14-10-. The van der Waals surface area contributed by atoms with Gasteiger partial charge in [-0.05, 0) is 42.5 Å². The minimum absolute atomic E-state index is 0.0192. The number of rotatable bonds is 4. The number of urea groups is 1. The highest BCUT2D eigenvalue weighted by atomic mass is 35.5. The van der Waals surface area contributed by atoms with Gasteiger partial charge in [-0.25, -0.2) is 14.5 Å². The van der Waals surface area contributed by atoms with Gasteiger partial charge in [0.1, 0.15) is 17.1 Å². The molecule has 1 aliphatic heterocycles. The van der Waals surface area contributed by atoms with E-state index in [1.165, 1.54) is 42.5 Å². The first-order valence-corrected chi connectivity index (χ1v) is 9.81. The molecule has 0 bridgehead atoms. The van der Waals surface area contributed by atoms with Gasteiger partial charge in [-0.3, -0.25) is 14.9 Å². The van der Waals surface area contributed by atoms with Crippen molar-refractivity contribution in [2.75, 3.05) is 4.90 Å². The Morgan fingerprint density at radius 1 is 1.03 bits per heavy atom. The first-order chi connectivity index (χ1) is 15.3. The van der Waals surface area contributed by atoms with E-state index in [0.717, 1.165) is 0 Å². The van der Waals surface area contributed by atoms with Gasteiger partial charge < -0.3 is 9.52 Å². The molecule has 32 heavy (non-hydrogen) atoms.